The summed E-state index contributed by atoms with van der Waals surface area (Å²) in [5.74, 6) is 0. The van der Waals surface area contributed by atoms with E-state index in [1.165, 1.54) is 16.0 Å². The lowest BCUT2D eigenvalue weighted by molar-refractivity contribution is 1.01. The van der Waals surface area contributed by atoms with Crippen molar-refractivity contribution in [1.29, 1.82) is 0 Å². The minimum Gasteiger partial charge on any atom is -0.302 e. The largest absolute Gasteiger partial charge is 0.302 e. The van der Waals surface area contributed by atoms with E-state index in [2.05, 4.69) is 57.9 Å². The summed E-state index contributed by atoms with van der Waals surface area (Å²) in [5.41, 5.74) is 3.42. The summed E-state index contributed by atoms with van der Waals surface area (Å²) in [6.07, 6.45) is 5.62. The van der Waals surface area contributed by atoms with Crippen molar-refractivity contribution in [3.8, 4) is 0 Å². The number of nitrogens with zero attached hydrogens (tertiary/aromatic N) is 3. The number of aromatic nitrogens is 3. The zero-order chi connectivity index (χ0) is 13.4. The van der Waals surface area contributed by atoms with Gasteiger partial charge < -0.3 is 4.40 Å². The predicted molar refractivity (Wildman–Crippen MR) is 80.7 cm³/mol. The summed E-state index contributed by atoms with van der Waals surface area (Å²) in [7, 11) is 0. The summed E-state index contributed by atoms with van der Waals surface area (Å²) in [6.45, 7) is 4.22. The number of fused-ring (bicyclic) bond motifs is 1. The molecule has 0 atom stereocenters. The van der Waals surface area contributed by atoms with Crippen LogP contribution in [0.25, 0.3) is 5.65 Å². The normalized spacial score (nSPS) is 11.1. The van der Waals surface area contributed by atoms with Crippen LogP contribution in [0.5, 0.6) is 0 Å². The van der Waals surface area contributed by atoms with Gasteiger partial charge in [0.2, 0.25) is 0 Å². The van der Waals surface area contributed by atoms with Gasteiger partial charge in [0.1, 0.15) is 9.63 Å². The molecule has 19 heavy (non-hydrogen) atoms. The van der Waals surface area contributed by atoms with Gasteiger partial charge in [0.25, 0.3) is 0 Å². The van der Waals surface area contributed by atoms with E-state index in [-0.39, 0.29) is 0 Å². The Balaban J connectivity index is 2.07. The van der Waals surface area contributed by atoms with E-state index in [1.54, 1.807) is 18.0 Å². The molecule has 0 radical (unpaired) electrons. The van der Waals surface area contributed by atoms with Crippen LogP contribution >= 0.6 is 27.7 Å². The number of imidazole rings is 1. The molecule has 3 nitrogen and oxygen atoms in total. The zero-order valence-corrected chi connectivity index (χ0v) is 13.0. The highest BCUT2D eigenvalue weighted by atomic mass is 79.9. The Bertz CT molecular complexity index is 752. The molecule has 0 spiro atoms. The minimum atomic E-state index is 0.810. The number of benzene rings is 1. The number of rotatable bonds is 2. The number of hydrogen-bond acceptors (Lipinski definition) is 3. The second-order valence-electron chi connectivity index (χ2n) is 4.40. The van der Waals surface area contributed by atoms with E-state index in [0.29, 0.717) is 0 Å². The van der Waals surface area contributed by atoms with Crippen LogP contribution in [0.2, 0.25) is 0 Å². The first-order valence-electron chi connectivity index (χ1n) is 5.88. The van der Waals surface area contributed by atoms with Gasteiger partial charge in [0, 0.05) is 23.5 Å². The van der Waals surface area contributed by atoms with Gasteiger partial charge in [-0.2, -0.15) is 0 Å². The van der Waals surface area contributed by atoms with Crippen molar-refractivity contribution < 1.29 is 0 Å². The first-order valence-corrected chi connectivity index (χ1v) is 7.49. The molecule has 0 aliphatic heterocycles. The quantitative estimate of drug-likeness (QED) is 0.701. The van der Waals surface area contributed by atoms with Crippen LogP contribution in [0.15, 0.2) is 51.3 Å². The maximum absolute atomic E-state index is 4.53. The van der Waals surface area contributed by atoms with Gasteiger partial charge in [-0.3, -0.25) is 0 Å². The first kappa shape index (κ1) is 12.7. The van der Waals surface area contributed by atoms with E-state index < -0.39 is 0 Å². The molecule has 2 heterocycles. The predicted octanol–water partition coefficient (Wildman–Crippen LogP) is 4.26. The van der Waals surface area contributed by atoms with Crippen LogP contribution < -0.4 is 0 Å². The van der Waals surface area contributed by atoms with E-state index in [1.807, 2.05) is 16.8 Å². The fourth-order valence-corrected chi connectivity index (χ4v) is 3.43. The molecule has 0 fully saturated rings. The first-order chi connectivity index (χ1) is 9.13. The topological polar surface area (TPSA) is 30.2 Å². The van der Waals surface area contributed by atoms with Crippen LogP contribution in [0.1, 0.15) is 11.1 Å². The molecule has 3 rings (SSSR count). The maximum Gasteiger partial charge on any atom is 0.170 e. The molecule has 1 aromatic carbocycles. The summed E-state index contributed by atoms with van der Waals surface area (Å²) in [4.78, 5) is 10.1. The maximum atomic E-state index is 4.53. The third-order valence-electron chi connectivity index (χ3n) is 2.85. The summed E-state index contributed by atoms with van der Waals surface area (Å²) in [5, 5.41) is 0.909. The standard InChI is InChI=1S/C14H12BrN3S/c1-9-3-4-11(10(2)7-9)19-14-13-16-5-6-18(13)8-12(15)17-14/h3-8H,1-2H3. The average molecular weight is 334 g/mol. The Morgan fingerprint density at radius 1 is 1.26 bits per heavy atom. The molecule has 0 aliphatic carbocycles. The molecular weight excluding hydrogens is 322 g/mol. The van der Waals surface area contributed by atoms with Gasteiger partial charge in [-0.25, -0.2) is 9.97 Å². The van der Waals surface area contributed by atoms with Crippen molar-refractivity contribution in [2.24, 2.45) is 0 Å². The van der Waals surface area contributed by atoms with Crippen molar-refractivity contribution in [3.63, 3.8) is 0 Å². The minimum absolute atomic E-state index is 0.810. The van der Waals surface area contributed by atoms with Gasteiger partial charge in [0.05, 0.1) is 0 Å². The zero-order valence-electron chi connectivity index (χ0n) is 10.6. The van der Waals surface area contributed by atoms with Crippen molar-refractivity contribution in [2.45, 2.75) is 23.8 Å². The van der Waals surface area contributed by atoms with Gasteiger partial charge in [-0.15, -0.1) is 0 Å². The van der Waals surface area contributed by atoms with Crippen LogP contribution in [0.4, 0.5) is 0 Å². The smallest absolute Gasteiger partial charge is 0.170 e. The van der Waals surface area contributed by atoms with Crippen molar-refractivity contribution in [1.82, 2.24) is 14.4 Å². The second kappa shape index (κ2) is 4.98. The van der Waals surface area contributed by atoms with E-state index in [4.69, 9.17) is 0 Å². The molecule has 0 unspecified atom stereocenters. The molecule has 0 aliphatic rings. The Kier molecular flexibility index (Phi) is 3.33. The van der Waals surface area contributed by atoms with Crippen LogP contribution in [0.3, 0.4) is 0 Å². The average Bonchev–Trinajstić information content (AvgIpc) is 2.80. The fourth-order valence-electron chi connectivity index (χ4n) is 1.96. The van der Waals surface area contributed by atoms with E-state index in [0.717, 1.165) is 15.3 Å². The molecule has 96 valence electrons. The third kappa shape index (κ3) is 2.53. The van der Waals surface area contributed by atoms with Crippen LogP contribution in [0, 0.1) is 13.8 Å². The lowest BCUT2D eigenvalue weighted by atomic mass is 10.2. The third-order valence-corrected chi connectivity index (χ3v) is 4.38. The lowest BCUT2D eigenvalue weighted by Crippen LogP contribution is -1.92. The Labute approximate surface area is 124 Å². The van der Waals surface area contributed by atoms with Crippen LogP contribution in [-0.4, -0.2) is 14.4 Å². The highest BCUT2D eigenvalue weighted by molar-refractivity contribution is 9.10. The van der Waals surface area contributed by atoms with E-state index in [9.17, 15) is 0 Å². The molecule has 0 amide bonds. The molecule has 0 saturated carbocycles. The van der Waals surface area contributed by atoms with Gasteiger partial charge in [0.15, 0.2) is 5.65 Å². The van der Waals surface area contributed by atoms with Crippen molar-refractivity contribution in [3.05, 3.63) is 52.5 Å². The number of halogens is 1. The highest BCUT2D eigenvalue weighted by Crippen LogP contribution is 2.32. The van der Waals surface area contributed by atoms with E-state index >= 15 is 0 Å². The van der Waals surface area contributed by atoms with Crippen LogP contribution in [-0.2, 0) is 0 Å². The second-order valence-corrected chi connectivity index (χ2v) is 6.24. The summed E-state index contributed by atoms with van der Waals surface area (Å²) < 4.78 is 2.79. The van der Waals surface area contributed by atoms with Gasteiger partial charge >= 0.3 is 0 Å². The summed E-state index contributed by atoms with van der Waals surface area (Å²) >= 11 is 5.09. The molecule has 0 N–H and O–H groups in total. The highest BCUT2D eigenvalue weighted by Gasteiger charge is 2.09. The van der Waals surface area contributed by atoms with Gasteiger partial charge in [-0.1, -0.05) is 29.5 Å². The Morgan fingerprint density at radius 3 is 2.89 bits per heavy atom. The molecule has 3 aromatic rings. The van der Waals surface area contributed by atoms with Crippen molar-refractivity contribution in [2.75, 3.05) is 0 Å². The fraction of sp³-hybridized carbons (Fsp3) is 0.143. The number of aryl methyl sites for hydroxylation is 2. The monoisotopic (exact) mass is 333 g/mol. The molecule has 2 aromatic heterocycles. The lowest BCUT2D eigenvalue weighted by Gasteiger charge is -2.07. The molecule has 0 saturated heterocycles. The molecule has 5 heteroatoms. The Hall–Kier alpha value is -1.33. The molecular formula is C14H12BrN3S. The summed E-state index contributed by atoms with van der Waals surface area (Å²) in [6, 6.07) is 6.44. The van der Waals surface area contributed by atoms with Gasteiger partial charge in [-0.05, 0) is 41.4 Å². The number of hydrogen-bond donors (Lipinski definition) is 0. The Morgan fingerprint density at radius 2 is 2.11 bits per heavy atom. The molecule has 0 bridgehead atoms. The van der Waals surface area contributed by atoms with Crippen molar-refractivity contribution >= 4 is 33.3 Å². The SMILES string of the molecule is Cc1ccc(Sc2nc(Br)cn3ccnc23)c(C)c1.